The first-order valence-electron chi connectivity index (χ1n) is 6.96. The number of amides is 2. The number of esters is 1. The van der Waals surface area contributed by atoms with Crippen LogP contribution in [0.4, 0.5) is 5.00 Å². The van der Waals surface area contributed by atoms with Crippen LogP contribution in [0.15, 0.2) is 41.8 Å². The Bertz CT molecular complexity index is 895. The molecule has 0 saturated carbocycles. The molecule has 0 saturated heterocycles. The summed E-state index contributed by atoms with van der Waals surface area (Å²) < 4.78 is 4.97. The molecule has 0 aliphatic heterocycles. The van der Waals surface area contributed by atoms with Crippen LogP contribution in [-0.4, -0.2) is 29.4 Å². The SMILES string of the molecule is NC(=O)c1ccsc1NC(=O)COC(=O)c1cc2ccccc2[nH]1. The number of fused-ring (bicyclic) bond motifs is 1. The second kappa shape index (κ2) is 6.55. The maximum absolute atomic E-state index is 12.0. The summed E-state index contributed by atoms with van der Waals surface area (Å²) in [5.41, 5.74) is 6.48. The Balaban J connectivity index is 1.60. The molecule has 1 aromatic carbocycles. The van der Waals surface area contributed by atoms with E-state index in [0.29, 0.717) is 5.00 Å². The number of ether oxygens (including phenoxy) is 1. The lowest BCUT2D eigenvalue weighted by molar-refractivity contribution is -0.119. The molecule has 0 aliphatic rings. The van der Waals surface area contributed by atoms with Gasteiger partial charge in [0.1, 0.15) is 10.7 Å². The van der Waals surface area contributed by atoms with E-state index in [9.17, 15) is 14.4 Å². The van der Waals surface area contributed by atoms with Gasteiger partial charge in [0.15, 0.2) is 6.61 Å². The Morgan fingerprint density at radius 1 is 1.21 bits per heavy atom. The zero-order chi connectivity index (χ0) is 17.1. The van der Waals surface area contributed by atoms with Crippen molar-refractivity contribution >= 4 is 45.0 Å². The van der Waals surface area contributed by atoms with E-state index in [-0.39, 0.29) is 11.3 Å². The monoisotopic (exact) mass is 343 g/mol. The van der Waals surface area contributed by atoms with Gasteiger partial charge in [0.2, 0.25) is 0 Å². The van der Waals surface area contributed by atoms with E-state index in [1.165, 1.54) is 6.07 Å². The number of hydrogen-bond acceptors (Lipinski definition) is 5. The van der Waals surface area contributed by atoms with Crippen LogP contribution in [-0.2, 0) is 9.53 Å². The number of aromatic nitrogens is 1. The van der Waals surface area contributed by atoms with Gasteiger partial charge in [0.05, 0.1) is 5.56 Å². The minimum Gasteiger partial charge on any atom is -0.451 e. The van der Waals surface area contributed by atoms with Crippen molar-refractivity contribution in [2.24, 2.45) is 5.73 Å². The topological polar surface area (TPSA) is 114 Å². The number of carbonyl (C=O) groups is 3. The molecular weight excluding hydrogens is 330 g/mol. The maximum atomic E-state index is 12.0. The van der Waals surface area contributed by atoms with Gasteiger partial charge < -0.3 is 20.8 Å². The molecule has 0 fully saturated rings. The molecule has 3 aromatic rings. The van der Waals surface area contributed by atoms with Gasteiger partial charge in [0.25, 0.3) is 11.8 Å². The number of benzene rings is 1. The van der Waals surface area contributed by atoms with E-state index >= 15 is 0 Å². The summed E-state index contributed by atoms with van der Waals surface area (Å²) in [5.74, 6) is -1.83. The third-order valence-corrected chi connectivity index (χ3v) is 4.10. The molecule has 24 heavy (non-hydrogen) atoms. The number of nitrogens with two attached hydrogens (primary N) is 1. The lowest BCUT2D eigenvalue weighted by Crippen LogP contribution is -2.22. The Kier molecular flexibility index (Phi) is 4.30. The number of hydrogen-bond donors (Lipinski definition) is 3. The van der Waals surface area contributed by atoms with Gasteiger partial charge in [-0.15, -0.1) is 11.3 Å². The van der Waals surface area contributed by atoms with Crippen molar-refractivity contribution in [1.82, 2.24) is 4.98 Å². The molecule has 0 aliphatic carbocycles. The Labute approximate surface area is 140 Å². The van der Waals surface area contributed by atoms with Crippen LogP contribution in [0.3, 0.4) is 0 Å². The smallest absolute Gasteiger partial charge is 0.355 e. The molecule has 0 atom stereocenters. The Morgan fingerprint density at radius 3 is 2.75 bits per heavy atom. The molecule has 0 unspecified atom stereocenters. The third-order valence-electron chi connectivity index (χ3n) is 3.27. The summed E-state index contributed by atoms with van der Waals surface area (Å²) in [7, 11) is 0. The van der Waals surface area contributed by atoms with Crippen molar-refractivity contribution in [1.29, 1.82) is 0 Å². The lowest BCUT2D eigenvalue weighted by atomic mass is 10.2. The Hall–Kier alpha value is -3.13. The minimum absolute atomic E-state index is 0.218. The van der Waals surface area contributed by atoms with Crippen LogP contribution in [0.1, 0.15) is 20.8 Å². The van der Waals surface area contributed by atoms with E-state index in [1.54, 1.807) is 11.4 Å². The second-order valence-corrected chi connectivity index (χ2v) is 5.84. The molecule has 4 N–H and O–H groups in total. The molecule has 2 amide bonds. The lowest BCUT2D eigenvalue weighted by Gasteiger charge is -2.05. The van der Waals surface area contributed by atoms with Gasteiger partial charge in [0, 0.05) is 10.9 Å². The summed E-state index contributed by atoms with van der Waals surface area (Å²) in [6.45, 7) is -0.468. The predicted octanol–water partition coefficient (Wildman–Crippen LogP) is 2.12. The van der Waals surface area contributed by atoms with Crippen molar-refractivity contribution in [3.05, 3.63) is 53.0 Å². The number of para-hydroxylation sites is 1. The summed E-state index contributed by atoms with van der Waals surface area (Å²) in [6, 6.07) is 10.6. The summed E-state index contributed by atoms with van der Waals surface area (Å²) in [4.78, 5) is 38.0. The highest BCUT2D eigenvalue weighted by molar-refractivity contribution is 7.14. The predicted molar refractivity (Wildman–Crippen MR) is 90.0 cm³/mol. The van der Waals surface area contributed by atoms with Crippen molar-refractivity contribution in [2.75, 3.05) is 11.9 Å². The number of anilines is 1. The fourth-order valence-electron chi connectivity index (χ4n) is 2.15. The molecule has 122 valence electrons. The van der Waals surface area contributed by atoms with E-state index < -0.39 is 24.4 Å². The van der Waals surface area contributed by atoms with Gasteiger partial charge in [-0.1, -0.05) is 18.2 Å². The fourth-order valence-corrected chi connectivity index (χ4v) is 2.96. The number of thiophene rings is 1. The first-order chi connectivity index (χ1) is 11.5. The van der Waals surface area contributed by atoms with Crippen LogP contribution in [0.5, 0.6) is 0 Å². The summed E-state index contributed by atoms with van der Waals surface area (Å²) >= 11 is 1.16. The molecule has 0 spiro atoms. The summed E-state index contributed by atoms with van der Waals surface area (Å²) in [5, 5.41) is 5.33. The van der Waals surface area contributed by atoms with Gasteiger partial charge in [-0.05, 0) is 23.6 Å². The van der Waals surface area contributed by atoms with Crippen molar-refractivity contribution < 1.29 is 19.1 Å². The number of aromatic amines is 1. The maximum Gasteiger partial charge on any atom is 0.355 e. The number of primary amides is 1. The van der Waals surface area contributed by atoms with E-state index in [2.05, 4.69) is 10.3 Å². The van der Waals surface area contributed by atoms with E-state index in [0.717, 1.165) is 22.2 Å². The fraction of sp³-hybridized carbons (Fsp3) is 0.0625. The summed E-state index contributed by atoms with van der Waals surface area (Å²) in [6.07, 6.45) is 0. The minimum atomic E-state index is -0.637. The highest BCUT2D eigenvalue weighted by Crippen LogP contribution is 2.22. The quantitative estimate of drug-likeness (QED) is 0.616. The highest BCUT2D eigenvalue weighted by Gasteiger charge is 2.15. The zero-order valence-corrected chi connectivity index (χ0v) is 13.2. The van der Waals surface area contributed by atoms with Gasteiger partial charge in [-0.25, -0.2) is 4.79 Å². The standard InChI is InChI=1S/C16H13N3O4S/c17-14(21)10-5-6-24-15(10)19-13(20)8-23-16(22)12-7-9-3-1-2-4-11(9)18-12/h1-7,18H,8H2,(H2,17,21)(H,19,20). The molecule has 2 aromatic heterocycles. The molecule has 3 rings (SSSR count). The molecule has 7 nitrogen and oxygen atoms in total. The molecule has 0 radical (unpaired) electrons. The zero-order valence-electron chi connectivity index (χ0n) is 12.4. The Morgan fingerprint density at radius 2 is 2.00 bits per heavy atom. The first kappa shape index (κ1) is 15.8. The average molecular weight is 343 g/mol. The van der Waals surface area contributed by atoms with Gasteiger partial charge in [-0.2, -0.15) is 0 Å². The third kappa shape index (κ3) is 3.28. The van der Waals surface area contributed by atoms with Crippen LogP contribution < -0.4 is 11.1 Å². The van der Waals surface area contributed by atoms with Crippen LogP contribution in [0, 0.1) is 0 Å². The number of nitrogens with one attached hydrogen (secondary N) is 2. The van der Waals surface area contributed by atoms with Crippen molar-refractivity contribution in [2.45, 2.75) is 0 Å². The number of H-pyrrole nitrogens is 1. The van der Waals surface area contributed by atoms with Gasteiger partial charge >= 0.3 is 5.97 Å². The molecular formula is C16H13N3O4S. The van der Waals surface area contributed by atoms with Crippen LogP contribution in [0.2, 0.25) is 0 Å². The largest absolute Gasteiger partial charge is 0.451 e. The normalized spacial score (nSPS) is 10.5. The molecule has 2 heterocycles. The highest BCUT2D eigenvalue weighted by atomic mass is 32.1. The van der Waals surface area contributed by atoms with Crippen LogP contribution in [0.25, 0.3) is 10.9 Å². The average Bonchev–Trinajstić information content (AvgIpc) is 3.18. The van der Waals surface area contributed by atoms with E-state index in [4.69, 9.17) is 10.5 Å². The molecule has 8 heteroatoms. The van der Waals surface area contributed by atoms with Crippen LogP contribution >= 0.6 is 11.3 Å². The second-order valence-electron chi connectivity index (χ2n) is 4.92. The van der Waals surface area contributed by atoms with E-state index in [1.807, 2.05) is 24.3 Å². The number of rotatable bonds is 5. The number of carbonyl (C=O) groups excluding carboxylic acids is 3. The van der Waals surface area contributed by atoms with Crippen molar-refractivity contribution in [3.8, 4) is 0 Å². The van der Waals surface area contributed by atoms with Gasteiger partial charge in [-0.3, -0.25) is 9.59 Å². The molecule has 0 bridgehead atoms. The first-order valence-corrected chi connectivity index (χ1v) is 7.84. The van der Waals surface area contributed by atoms with Crippen molar-refractivity contribution in [3.63, 3.8) is 0 Å².